The number of hydrogen-bond donors (Lipinski definition) is 2. The van der Waals surface area contributed by atoms with Gasteiger partial charge in [-0.25, -0.2) is 4.79 Å². The number of nitrogens with zero attached hydrogens (tertiary/aromatic N) is 2. The zero-order chi connectivity index (χ0) is 15.6. The maximum Gasteiger partial charge on any atom is 0.322 e. The number of imide groups is 1. The lowest BCUT2D eigenvalue weighted by atomic mass is 9.87. The third kappa shape index (κ3) is 2.79. The highest BCUT2D eigenvalue weighted by Crippen LogP contribution is 2.25. The number of urea groups is 1. The van der Waals surface area contributed by atoms with E-state index in [4.69, 9.17) is 0 Å². The van der Waals surface area contributed by atoms with Crippen molar-refractivity contribution in [3.8, 4) is 0 Å². The summed E-state index contributed by atoms with van der Waals surface area (Å²) in [4.78, 5) is 41.3. The molecule has 0 radical (unpaired) electrons. The predicted octanol–water partition coefficient (Wildman–Crippen LogP) is 0.215. The first kappa shape index (κ1) is 14.5. The quantitative estimate of drug-likeness (QED) is 0.781. The Hall–Kier alpha value is -2.44. The molecule has 2 aliphatic heterocycles. The predicted molar refractivity (Wildman–Crippen MR) is 77.8 cm³/mol. The van der Waals surface area contributed by atoms with Gasteiger partial charge in [-0.1, -0.05) is 6.07 Å². The Kier molecular flexibility index (Phi) is 3.79. The van der Waals surface area contributed by atoms with Gasteiger partial charge < -0.3 is 10.2 Å². The monoisotopic (exact) mass is 302 g/mol. The molecule has 0 aromatic carbocycles. The van der Waals surface area contributed by atoms with Crippen molar-refractivity contribution in [1.29, 1.82) is 0 Å². The zero-order valence-corrected chi connectivity index (χ0v) is 12.2. The third-order valence-corrected chi connectivity index (χ3v) is 4.31. The number of rotatable bonds is 3. The summed E-state index contributed by atoms with van der Waals surface area (Å²) in [6.07, 6.45) is 3.65. The van der Waals surface area contributed by atoms with E-state index in [0.29, 0.717) is 38.8 Å². The fraction of sp³-hybridized carbons (Fsp3) is 0.467. The Balaban J connectivity index is 1.52. The van der Waals surface area contributed by atoms with Crippen molar-refractivity contribution in [2.75, 3.05) is 13.1 Å². The molecule has 22 heavy (non-hydrogen) atoms. The molecular weight excluding hydrogens is 284 g/mol. The van der Waals surface area contributed by atoms with Crippen LogP contribution in [0.1, 0.15) is 25.0 Å². The first-order valence-corrected chi connectivity index (χ1v) is 7.40. The molecule has 3 heterocycles. The van der Waals surface area contributed by atoms with Gasteiger partial charge in [-0.15, -0.1) is 0 Å². The molecule has 3 rings (SSSR count). The van der Waals surface area contributed by atoms with Gasteiger partial charge in [-0.2, -0.15) is 0 Å². The summed E-state index contributed by atoms with van der Waals surface area (Å²) in [7, 11) is 0. The number of aromatic nitrogens is 1. The molecule has 0 bridgehead atoms. The van der Waals surface area contributed by atoms with Crippen LogP contribution < -0.4 is 10.6 Å². The van der Waals surface area contributed by atoms with Crippen LogP contribution in [0.5, 0.6) is 0 Å². The van der Waals surface area contributed by atoms with E-state index in [1.54, 1.807) is 11.1 Å². The fourth-order valence-corrected chi connectivity index (χ4v) is 2.96. The van der Waals surface area contributed by atoms with Gasteiger partial charge in [0.25, 0.3) is 5.91 Å². The largest absolute Gasteiger partial charge is 0.342 e. The minimum absolute atomic E-state index is 0.0604. The molecule has 2 saturated heterocycles. The number of hydrogen-bond acceptors (Lipinski definition) is 4. The van der Waals surface area contributed by atoms with Crippen LogP contribution in [0.4, 0.5) is 4.79 Å². The molecule has 1 spiro atoms. The lowest BCUT2D eigenvalue weighted by Crippen LogP contribution is -2.55. The molecule has 2 fully saturated rings. The maximum atomic E-state index is 12.2. The second-order valence-electron chi connectivity index (χ2n) is 5.69. The topological polar surface area (TPSA) is 91.4 Å². The number of likely N-dealkylation sites (tertiary alicyclic amines) is 1. The normalized spacial score (nSPS) is 19.9. The van der Waals surface area contributed by atoms with E-state index >= 15 is 0 Å². The summed E-state index contributed by atoms with van der Waals surface area (Å²) < 4.78 is 0. The van der Waals surface area contributed by atoms with Gasteiger partial charge in [-0.3, -0.25) is 19.9 Å². The van der Waals surface area contributed by atoms with Crippen LogP contribution in [0.2, 0.25) is 0 Å². The summed E-state index contributed by atoms with van der Waals surface area (Å²) >= 11 is 0. The van der Waals surface area contributed by atoms with Gasteiger partial charge in [0.2, 0.25) is 5.91 Å². The number of carbonyl (C=O) groups excluding carboxylic acids is 3. The van der Waals surface area contributed by atoms with E-state index in [1.165, 1.54) is 0 Å². The summed E-state index contributed by atoms with van der Waals surface area (Å²) in [6.45, 7) is 0.962. The summed E-state index contributed by atoms with van der Waals surface area (Å²) in [6, 6.07) is 5.20. The molecule has 2 aliphatic rings. The van der Waals surface area contributed by atoms with Crippen LogP contribution in [0.25, 0.3) is 0 Å². The number of piperidine rings is 1. The van der Waals surface area contributed by atoms with E-state index in [0.717, 1.165) is 5.69 Å². The lowest BCUT2D eigenvalue weighted by molar-refractivity contribution is -0.135. The Bertz CT molecular complexity index is 594. The molecule has 116 valence electrons. The first-order valence-electron chi connectivity index (χ1n) is 7.40. The van der Waals surface area contributed by atoms with Gasteiger partial charge in [0, 0.05) is 31.4 Å². The summed E-state index contributed by atoms with van der Waals surface area (Å²) in [5.74, 6) is -0.219. The number of pyridine rings is 1. The molecule has 0 saturated carbocycles. The lowest BCUT2D eigenvalue weighted by Gasteiger charge is -2.37. The van der Waals surface area contributed by atoms with Gasteiger partial charge >= 0.3 is 6.03 Å². The SMILES string of the molecule is O=C1NC(=O)C2(CCN(C(=O)CCc3ccccn3)CC2)N1. The molecule has 4 amide bonds. The number of aryl methyl sites for hydroxylation is 1. The molecule has 0 aliphatic carbocycles. The van der Waals surface area contributed by atoms with Crippen LogP contribution in [0.3, 0.4) is 0 Å². The minimum Gasteiger partial charge on any atom is -0.342 e. The van der Waals surface area contributed by atoms with E-state index in [-0.39, 0.29) is 11.8 Å². The standard InChI is InChI=1S/C15H18N4O3/c20-12(5-4-11-3-1-2-8-16-11)19-9-6-15(7-10-19)13(21)17-14(22)18-15/h1-3,8H,4-7,9-10H2,(H2,17,18,21,22). The smallest absolute Gasteiger partial charge is 0.322 e. The molecule has 0 atom stereocenters. The van der Waals surface area contributed by atoms with Crippen molar-refractivity contribution in [3.63, 3.8) is 0 Å². The van der Waals surface area contributed by atoms with Crippen LogP contribution in [-0.2, 0) is 16.0 Å². The highest BCUT2D eigenvalue weighted by molar-refractivity contribution is 6.07. The highest BCUT2D eigenvalue weighted by Gasteiger charge is 2.48. The minimum atomic E-state index is -0.825. The van der Waals surface area contributed by atoms with Crippen molar-refractivity contribution < 1.29 is 14.4 Å². The van der Waals surface area contributed by atoms with E-state index < -0.39 is 11.6 Å². The average Bonchev–Trinajstić information content (AvgIpc) is 2.80. The van der Waals surface area contributed by atoms with Gasteiger partial charge in [0.05, 0.1) is 0 Å². The molecule has 1 aromatic heterocycles. The molecule has 1 aromatic rings. The Morgan fingerprint density at radius 1 is 1.27 bits per heavy atom. The molecular formula is C15H18N4O3. The van der Waals surface area contributed by atoms with Crippen molar-refractivity contribution in [2.24, 2.45) is 0 Å². The maximum absolute atomic E-state index is 12.2. The Morgan fingerprint density at radius 2 is 2.05 bits per heavy atom. The fourth-order valence-electron chi connectivity index (χ4n) is 2.96. The Morgan fingerprint density at radius 3 is 2.64 bits per heavy atom. The van der Waals surface area contributed by atoms with Crippen LogP contribution in [0.15, 0.2) is 24.4 Å². The van der Waals surface area contributed by atoms with Crippen molar-refractivity contribution in [2.45, 2.75) is 31.2 Å². The zero-order valence-electron chi connectivity index (χ0n) is 12.2. The Labute approximate surface area is 128 Å². The first-order chi connectivity index (χ1) is 10.6. The second-order valence-corrected chi connectivity index (χ2v) is 5.69. The van der Waals surface area contributed by atoms with Crippen LogP contribution in [0, 0.1) is 0 Å². The molecule has 7 heteroatoms. The van der Waals surface area contributed by atoms with Gasteiger partial charge in [-0.05, 0) is 31.4 Å². The number of nitrogens with one attached hydrogen (secondary N) is 2. The van der Waals surface area contributed by atoms with Gasteiger partial charge in [0.15, 0.2) is 0 Å². The third-order valence-electron chi connectivity index (χ3n) is 4.31. The van der Waals surface area contributed by atoms with Crippen molar-refractivity contribution >= 4 is 17.8 Å². The van der Waals surface area contributed by atoms with Crippen molar-refractivity contribution in [1.82, 2.24) is 20.5 Å². The summed E-state index contributed by atoms with van der Waals surface area (Å²) in [5.41, 5.74) is 0.0706. The average molecular weight is 302 g/mol. The van der Waals surface area contributed by atoms with Gasteiger partial charge in [0.1, 0.15) is 5.54 Å². The number of carbonyl (C=O) groups is 3. The molecule has 2 N–H and O–H groups in total. The molecule has 7 nitrogen and oxygen atoms in total. The van der Waals surface area contributed by atoms with Crippen LogP contribution in [-0.4, -0.2) is 46.4 Å². The molecule has 0 unspecified atom stereocenters. The second kappa shape index (κ2) is 5.75. The van der Waals surface area contributed by atoms with E-state index in [1.807, 2.05) is 18.2 Å². The summed E-state index contributed by atoms with van der Waals surface area (Å²) in [5, 5.41) is 4.96. The number of amides is 4. The van der Waals surface area contributed by atoms with E-state index in [2.05, 4.69) is 15.6 Å². The highest BCUT2D eigenvalue weighted by atomic mass is 16.2. The van der Waals surface area contributed by atoms with Crippen molar-refractivity contribution in [3.05, 3.63) is 30.1 Å². The van der Waals surface area contributed by atoms with E-state index in [9.17, 15) is 14.4 Å². The van der Waals surface area contributed by atoms with Crippen LogP contribution >= 0.6 is 0 Å².